The molecule has 0 aliphatic carbocycles. The van der Waals surface area contributed by atoms with Crippen molar-refractivity contribution in [3.63, 3.8) is 0 Å². The van der Waals surface area contributed by atoms with Gasteiger partial charge in [0.05, 0.1) is 12.8 Å². The van der Waals surface area contributed by atoms with E-state index in [0.29, 0.717) is 45.6 Å². The molecule has 4 rings (SSSR count). The van der Waals surface area contributed by atoms with E-state index in [4.69, 9.17) is 4.74 Å². The van der Waals surface area contributed by atoms with Gasteiger partial charge in [-0.3, -0.25) is 14.4 Å². The minimum absolute atomic E-state index is 0.00774. The number of likely N-dealkylation sites (tertiary alicyclic amines) is 1. The van der Waals surface area contributed by atoms with E-state index in [9.17, 15) is 14.4 Å². The van der Waals surface area contributed by atoms with Crippen molar-refractivity contribution in [2.45, 2.75) is 89.2 Å². The summed E-state index contributed by atoms with van der Waals surface area (Å²) in [6, 6.07) is 9.96. The first-order valence-corrected chi connectivity index (χ1v) is 14.3. The van der Waals surface area contributed by atoms with Crippen LogP contribution in [0.5, 0.6) is 0 Å². The highest BCUT2D eigenvalue weighted by molar-refractivity contribution is 5.96. The van der Waals surface area contributed by atoms with E-state index < -0.39 is 5.54 Å². The number of rotatable bonds is 12. The Morgan fingerprint density at radius 3 is 2.49 bits per heavy atom. The molecule has 1 spiro atoms. The van der Waals surface area contributed by atoms with Gasteiger partial charge in [0.15, 0.2) is 0 Å². The average Bonchev–Trinajstić information content (AvgIpc) is 3.53. The van der Waals surface area contributed by atoms with Crippen LogP contribution < -0.4 is 10.2 Å². The molecular weight excluding hydrogens is 468 g/mol. The van der Waals surface area contributed by atoms with Gasteiger partial charge in [-0.1, -0.05) is 57.2 Å². The first kappa shape index (κ1) is 27.4. The number of carbonyl (C=O) groups excluding carboxylic acids is 3. The molecule has 37 heavy (non-hydrogen) atoms. The van der Waals surface area contributed by atoms with Gasteiger partial charge in [0, 0.05) is 38.3 Å². The molecule has 0 saturated carbocycles. The van der Waals surface area contributed by atoms with Crippen molar-refractivity contribution in [2.24, 2.45) is 0 Å². The fourth-order valence-corrected chi connectivity index (χ4v) is 5.93. The summed E-state index contributed by atoms with van der Waals surface area (Å²) < 4.78 is 5.60. The molecule has 0 aromatic heterocycles. The molecule has 3 aliphatic heterocycles. The normalized spacial score (nSPS) is 21.2. The zero-order chi connectivity index (χ0) is 26.1. The third-order valence-corrected chi connectivity index (χ3v) is 8.15. The maximum Gasteiger partial charge on any atom is 0.250 e. The van der Waals surface area contributed by atoms with Gasteiger partial charge >= 0.3 is 0 Å². The maximum absolute atomic E-state index is 13.8. The smallest absolute Gasteiger partial charge is 0.250 e. The van der Waals surface area contributed by atoms with Gasteiger partial charge in [0.2, 0.25) is 11.8 Å². The second kappa shape index (κ2) is 13.3. The molecule has 3 saturated heterocycles. The summed E-state index contributed by atoms with van der Waals surface area (Å²) in [4.78, 5) is 45.1. The van der Waals surface area contributed by atoms with Gasteiger partial charge in [0.25, 0.3) is 5.91 Å². The van der Waals surface area contributed by atoms with Crippen LogP contribution in [0.15, 0.2) is 30.3 Å². The second-order valence-corrected chi connectivity index (χ2v) is 10.8. The number of anilines is 1. The lowest BCUT2D eigenvalue weighted by atomic mass is 9.85. The summed E-state index contributed by atoms with van der Waals surface area (Å²) in [5, 5.41) is 2.95. The molecule has 0 bridgehead atoms. The third-order valence-electron chi connectivity index (χ3n) is 8.15. The number of nitrogens with one attached hydrogen (secondary N) is 1. The molecular formula is C29H44N4O4. The third kappa shape index (κ3) is 6.83. The molecule has 3 aliphatic rings. The van der Waals surface area contributed by atoms with Crippen molar-refractivity contribution < 1.29 is 19.1 Å². The summed E-state index contributed by atoms with van der Waals surface area (Å²) in [5.74, 6) is 0.0412. The van der Waals surface area contributed by atoms with E-state index in [1.807, 2.05) is 35.2 Å². The Balaban J connectivity index is 1.35. The van der Waals surface area contributed by atoms with E-state index in [2.05, 4.69) is 17.1 Å². The molecule has 204 valence electrons. The molecule has 3 heterocycles. The lowest BCUT2D eigenvalue weighted by molar-refractivity contribution is -0.140. The number of hydrogen-bond acceptors (Lipinski definition) is 5. The monoisotopic (exact) mass is 512 g/mol. The molecule has 1 aromatic rings. The first-order valence-electron chi connectivity index (χ1n) is 14.3. The van der Waals surface area contributed by atoms with Gasteiger partial charge in [-0.2, -0.15) is 0 Å². The van der Waals surface area contributed by atoms with Crippen molar-refractivity contribution in [3.05, 3.63) is 30.3 Å². The second-order valence-electron chi connectivity index (χ2n) is 10.8. The van der Waals surface area contributed by atoms with Gasteiger partial charge in [0.1, 0.15) is 12.1 Å². The SMILES string of the molecule is CCCCCCCCC(=O)N1CCC2(CC1)C(=O)N(CC(=O)NCC1CCCO1)CN2c1ccccc1. The zero-order valence-electron chi connectivity index (χ0n) is 22.5. The highest BCUT2D eigenvalue weighted by atomic mass is 16.5. The summed E-state index contributed by atoms with van der Waals surface area (Å²) in [7, 11) is 0. The first-order chi connectivity index (χ1) is 18.0. The fourth-order valence-electron chi connectivity index (χ4n) is 5.93. The van der Waals surface area contributed by atoms with Crippen LogP contribution in [0, 0.1) is 0 Å². The van der Waals surface area contributed by atoms with Crippen LogP contribution in [0.1, 0.15) is 77.6 Å². The van der Waals surface area contributed by atoms with Crippen molar-refractivity contribution in [1.29, 1.82) is 0 Å². The Labute approximate surface area is 221 Å². The van der Waals surface area contributed by atoms with Crippen molar-refractivity contribution in [2.75, 3.05) is 44.4 Å². The lowest BCUT2D eigenvalue weighted by Gasteiger charge is -2.43. The van der Waals surface area contributed by atoms with Gasteiger partial charge in [-0.15, -0.1) is 0 Å². The summed E-state index contributed by atoms with van der Waals surface area (Å²) in [6.45, 7) is 5.01. The van der Waals surface area contributed by atoms with Crippen LogP contribution >= 0.6 is 0 Å². The van der Waals surface area contributed by atoms with Gasteiger partial charge in [-0.05, 0) is 44.2 Å². The maximum atomic E-state index is 13.8. The van der Waals surface area contributed by atoms with E-state index >= 15 is 0 Å². The van der Waals surface area contributed by atoms with Gasteiger partial charge < -0.3 is 24.8 Å². The zero-order valence-corrected chi connectivity index (χ0v) is 22.5. The predicted molar refractivity (Wildman–Crippen MR) is 144 cm³/mol. The predicted octanol–water partition coefficient (Wildman–Crippen LogP) is 3.70. The number of unbranched alkanes of at least 4 members (excludes halogenated alkanes) is 5. The Morgan fingerprint density at radius 2 is 1.78 bits per heavy atom. The number of carbonyl (C=O) groups is 3. The number of benzene rings is 1. The summed E-state index contributed by atoms with van der Waals surface area (Å²) >= 11 is 0. The molecule has 1 unspecified atom stereocenters. The van der Waals surface area contributed by atoms with Crippen molar-refractivity contribution in [3.8, 4) is 0 Å². The molecule has 8 heteroatoms. The van der Waals surface area contributed by atoms with E-state index in [1.165, 1.54) is 25.7 Å². The van der Waals surface area contributed by atoms with Crippen LogP contribution in [0.2, 0.25) is 0 Å². The largest absolute Gasteiger partial charge is 0.376 e. The molecule has 1 atom stereocenters. The lowest BCUT2D eigenvalue weighted by Crippen LogP contribution is -2.57. The van der Waals surface area contributed by atoms with Crippen molar-refractivity contribution >= 4 is 23.4 Å². The fraction of sp³-hybridized carbons (Fsp3) is 0.690. The van der Waals surface area contributed by atoms with E-state index in [1.54, 1.807) is 4.90 Å². The number of para-hydroxylation sites is 1. The Bertz CT molecular complexity index is 894. The van der Waals surface area contributed by atoms with Gasteiger partial charge in [-0.25, -0.2) is 0 Å². The van der Waals surface area contributed by atoms with Crippen LogP contribution in [0.25, 0.3) is 0 Å². The average molecular weight is 513 g/mol. The van der Waals surface area contributed by atoms with Crippen LogP contribution in [-0.4, -0.2) is 78.6 Å². The topological polar surface area (TPSA) is 82.2 Å². The molecule has 3 amide bonds. The van der Waals surface area contributed by atoms with Crippen LogP contribution in [0.4, 0.5) is 5.69 Å². The van der Waals surface area contributed by atoms with Crippen LogP contribution in [0.3, 0.4) is 0 Å². The molecule has 0 radical (unpaired) electrons. The molecule has 3 fully saturated rings. The highest BCUT2D eigenvalue weighted by Crippen LogP contribution is 2.39. The Hall–Kier alpha value is -2.61. The minimum Gasteiger partial charge on any atom is -0.376 e. The van der Waals surface area contributed by atoms with E-state index in [0.717, 1.165) is 38.0 Å². The van der Waals surface area contributed by atoms with Crippen LogP contribution in [-0.2, 0) is 19.1 Å². The Kier molecular flexibility index (Phi) is 9.83. The number of piperidine rings is 1. The van der Waals surface area contributed by atoms with Crippen molar-refractivity contribution in [1.82, 2.24) is 15.1 Å². The van der Waals surface area contributed by atoms with E-state index in [-0.39, 0.29) is 30.4 Å². The minimum atomic E-state index is -0.715. The number of amides is 3. The number of hydrogen-bond donors (Lipinski definition) is 1. The Morgan fingerprint density at radius 1 is 1.05 bits per heavy atom. The quantitative estimate of drug-likeness (QED) is 0.432. The molecule has 1 aromatic carbocycles. The summed E-state index contributed by atoms with van der Waals surface area (Å²) in [6.07, 6.45) is 10.8. The summed E-state index contributed by atoms with van der Waals surface area (Å²) in [5.41, 5.74) is 0.262. The standard InChI is InChI=1S/C29H44N4O4/c1-2-3-4-5-6-10-15-27(35)31-18-16-29(17-19-31)28(36)32(23-33(29)24-12-8-7-9-13-24)22-26(34)30-21-25-14-11-20-37-25/h7-9,12-13,25H,2-6,10-11,14-23H2,1H3,(H,30,34). The number of ether oxygens (including phenoxy) is 1. The highest BCUT2D eigenvalue weighted by Gasteiger charge is 2.54. The number of nitrogens with zero attached hydrogens (tertiary/aromatic N) is 3. The molecule has 8 nitrogen and oxygen atoms in total. The molecule has 1 N–H and O–H groups in total.